The number of nitrogens with two attached hydrogens (primary N) is 1. The summed E-state index contributed by atoms with van der Waals surface area (Å²) >= 11 is 0. The number of nitrogens with zero attached hydrogens (tertiary/aromatic N) is 3. The number of amides is 1. The minimum atomic E-state index is -0.785. The molecular weight excluding hydrogens is 361 g/mol. The Kier molecular flexibility index (Phi) is 4.44. The summed E-state index contributed by atoms with van der Waals surface area (Å²) in [5.74, 6) is -0.998. The summed E-state index contributed by atoms with van der Waals surface area (Å²) in [6.45, 7) is 0.362. The van der Waals surface area contributed by atoms with Gasteiger partial charge < -0.3 is 10.7 Å². The predicted octanol–water partition coefficient (Wildman–Crippen LogP) is 2.27. The monoisotopic (exact) mass is 377 g/mol. The molecule has 0 saturated carbocycles. The molecule has 8 heteroatoms. The van der Waals surface area contributed by atoms with E-state index >= 15 is 0 Å². The first-order chi connectivity index (χ1) is 13.5. The average molecular weight is 377 g/mol. The van der Waals surface area contributed by atoms with E-state index in [-0.39, 0.29) is 22.7 Å². The second-order valence-corrected chi connectivity index (χ2v) is 6.28. The van der Waals surface area contributed by atoms with E-state index in [0.717, 1.165) is 5.56 Å². The van der Waals surface area contributed by atoms with Crippen LogP contribution in [0.4, 0.5) is 4.39 Å². The van der Waals surface area contributed by atoms with Gasteiger partial charge in [0.25, 0.3) is 5.91 Å². The molecule has 0 unspecified atom stereocenters. The number of H-pyrrole nitrogens is 1. The Morgan fingerprint density at radius 2 is 1.79 bits per heavy atom. The maximum atomic E-state index is 13.2. The Morgan fingerprint density at radius 1 is 1.07 bits per heavy atom. The van der Waals surface area contributed by atoms with Crippen LogP contribution < -0.4 is 11.4 Å². The molecule has 0 radical (unpaired) electrons. The maximum Gasteiger partial charge on any atom is 0.327 e. The fraction of sp³-hybridized carbons (Fsp3) is 0.100. The lowest BCUT2D eigenvalue weighted by Gasteiger charge is -2.07. The van der Waals surface area contributed by atoms with Crippen LogP contribution in [-0.2, 0) is 13.0 Å². The molecular formula is C20H16FN5O2. The van der Waals surface area contributed by atoms with Gasteiger partial charge in [0.1, 0.15) is 11.3 Å². The summed E-state index contributed by atoms with van der Waals surface area (Å²) in [4.78, 5) is 35.6. The molecule has 0 fully saturated rings. The van der Waals surface area contributed by atoms with Gasteiger partial charge in [-0.1, -0.05) is 30.3 Å². The van der Waals surface area contributed by atoms with Gasteiger partial charge in [-0.3, -0.25) is 9.36 Å². The number of imidazole rings is 1. The standard InChI is InChI=1S/C20H16FN5O2/c21-14-8-6-13(7-9-14)18-23-15(17(22)27)16-19(25-18)26(20(28)24-16)11-10-12-4-2-1-3-5-12/h1-9H,10-11H2,(H2,22,27)(H,24,28). The second-order valence-electron chi connectivity index (χ2n) is 6.28. The molecule has 0 aliphatic carbocycles. The number of aryl methyl sites for hydroxylation is 2. The molecule has 4 aromatic rings. The first-order valence-electron chi connectivity index (χ1n) is 8.63. The van der Waals surface area contributed by atoms with Crippen molar-refractivity contribution in [3.05, 3.63) is 82.2 Å². The number of primary amides is 1. The summed E-state index contributed by atoms with van der Waals surface area (Å²) in [6, 6.07) is 15.2. The lowest BCUT2D eigenvalue weighted by atomic mass is 10.1. The van der Waals surface area contributed by atoms with Crippen molar-refractivity contribution < 1.29 is 9.18 Å². The smallest absolute Gasteiger partial charge is 0.327 e. The molecule has 140 valence electrons. The Bertz CT molecular complexity index is 1210. The zero-order chi connectivity index (χ0) is 19.7. The van der Waals surface area contributed by atoms with E-state index < -0.39 is 17.4 Å². The van der Waals surface area contributed by atoms with Crippen LogP contribution in [-0.4, -0.2) is 25.4 Å². The summed E-state index contributed by atoms with van der Waals surface area (Å²) in [7, 11) is 0. The quantitative estimate of drug-likeness (QED) is 0.556. The number of carbonyl (C=O) groups is 1. The minimum absolute atomic E-state index is 0.0834. The third kappa shape index (κ3) is 3.27. The Labute approximate surface area is 158 Å². The lowest BCUT2D eigenvalue weighted by Crippen LogP contribution is -2.18. The zero-order valence-corrected chi connectivity index (χ0v) is 14.7. The summed E-state index contributed by atoms with van der Waals surface area (Å²) < 4.78 is 14.7. The SMILES string of the molecule is NC(=O)c1nc(-c2ccc(F)cc2)nc2c1[nH]c(=O)n2CCc1ccccc1. The van der Waals surface area contributed by atoms with Crippen molar-refractivity contribution in [3.8, 4) is 11.4 Å². The average Bonchev–Trinajstić information content (AvgIpc) is 3.02. The molecule has 0 atom stereocenters. The van der Waals surface area contributed by atoms with Gasteiger partial charge in [-0.05, 0) is 36.2 Å². The van der Waals surface area contributed by atoms with Crippen LogP contribution in [0.5, 0.6) is 0 Å². The molecule has 4 rings (SSSR count). The molecule has 0 aliphatic heterocycles. The molecule has 0 spiro atoms. The van der Waals surface area contributed by atoms with Crippen molar-refractivity contribution in [1.82, 2.24) is 19.5 Å². The van der Waals surface area contributed by atoms with Crippen molar-refractivity contribution in [2.24, 2.45) is 5.73 Å². The van der Waals surface area contributed by atoms with Crippen molar-refractivity contribution in [2.45, 2.75) is 13.0 Å². The fourth-order valence-electron chi connectivity index (χ4n) is 3.03. The van der Waals surface area contributed by atoms with E-state index in [1.165, 1.54) is 28.8 Å². The van der Waals surface area contributed by atoms with Gasteiger partial charge in [-0.25, -0.2) is 19.2 Å². The fourth-order valence-corrected chi connectivity index (χ4v) is 3.03. The van der Waals surface area contributed by atoms with Gasteiger partial charge in [0.15, 0.2) is 17.2 Å². The van der Waals surface area contributed by atoms with Crippen LogP contribution in [0.3, 0.4) is 0 Å². The van der Waals surface area contributed by atoms with E-state index in [1.54, 1.807) is 0 Å². The van der Waals surface area contributed by atoms with E-state index in [0.29, 0.717) is 18.5 Å². The van der Waals surface area contributed by atoms with Gasteiger partial charge >= 0.3 is 5.69 Å². The highest BCUT2D eigenvalue weighted by atomic mass is 19.1. The highest BCUT2D eigenvalue weighted by Crippen LogP contribution is 2.20. The van der Waals surface area contributed by atoms with Crippen molar-refractivity contribution >= 4 is 17.1 Å². The van der Waals surface area contributed by atoms with E-state index in [2.05, 4.69) is 15.0 Å². The van der Waals surface area contributed by atoms with Crippen LogP contribution >= 0.6 is 0 Å². The van der Waals surface area contributed by atoms with E-state index in [1.807, 2.05) is 30.3 Å². The minimum Gasteiger partial charge on any atom is -0.364 e. The molecule has 28 heavy (non-hydrogen) atoms. The van der Waals surface area contributed by atoms with Crippen molar-refractivity contribution in [1.29, 1.82) is 0 Å². The van der Waals surface area contributed by atoms with Gasteiger partial charge in [0, 0.05) is 12.1 Å². The molecule has 0 aliphatic rings. The maximum absolute atomic E-state index is 13.2. The van der Waals surface area contributed by atoms with Gasteiger partial charge in [0.05, 0.1) is 0 Å². The number of halogens is 1. The largest absolute Gasteiger partial charge is 0.364 e. The van der Waals surface area contributed by atoms with Crippen LogP contribution in [0.25, 0.3) is 22.6 Å². The van der Waals surface area contributed by atoms with Gasteiger partial charge in [-0.2, -0.15) is 0 Å². The highest BCUT2D eigenvalue weighted by Gasteiger charge is 2.19. The number of benzene rings is 2. The van der Waals surface area contributed by atoms with Gasteiger partial charge in [-0.15, -0.1) is 0 Å². The zero-order valence-electron chi connectivity index (χ0n) is 14.7. The summed E-state index contributed by atoms with van der Waals surface area (Å²) in [6.07, 6.45) is 0.607. The van der Waals surface area contributed by atoms with Crippen LogP contribution in [0.15, 0.2) is 59.4 Å². The number of nitrogens with one attached hydrogen (secondary N) is 1. The molecule has 1 amide bonds. The molecule has 2 aromatic carbocycles. The van der Waals surface area contributed by atoms with Crippen LogP contribution in [0, 0.1) is 5.82 Å². The Morgan fingerprint density at radius 3 is 2.46 bits per heavy atom. The molecule has 7 nitrogen and oxygen atoms in total. The number of hydrogen-bond donors (Lipinski definition) is 2. The molecule has 2 aromatic heterocycles. The first-order valence-corrected chi connectivity index (χ1v) is 8.63. The normalized spacial score (nSPS) is 11.0. The third-order valence-electron chi connectivity index (χ3n) is 4.43. The van der Waals surface area contributed by atoms with E-state index in [9.17, 15) is 14.0 Å². The lowest BCUT2D eigenvalue weighted by molar-refractivity contribution is 0.0997. The van der Waals surface area contributed by atoms with Crippen LogP contribution in [0.2, 0.25) is 0 Å². The number of fused-ring (bicyclic) bond motifs is 1. The predicted molar refractivity (Wildman–Crippen MR) is 102 cm³/mol. The molecule has 2 heterocycles. The Balaban J connectivity index is 1.84. The molecule has 0 bridgehead atoms. The number of carbonyl (C=O) groups excluding carboxylic acids is 1. The highest BCUT2D eigenvalue weighted by molar-refractivity contribution is 6.01. The van der Waals surface area contributed by atoms with E-state index in [4.69, 9.17) is 5.73 Å². The molecule has 3 N–H and O–H groups in total. The third-order valence-corrected chi connectivity index (χ3v) is 4.43. The first kappa shape index (κ1) is 17.6. The van der Waals surface area contributed by atoms with Crippen molar-refractivity contribution in [3.63, 3.8) is 0 Å². The topological polar surface area (TPSA) is 107 Å². The summed E-state index contributed by atoms with van der Waals surface area (Å²) in [5.41, 5.74) is 7.01. The van der Waals surface area contributed by atoms with Gasteiger partial charge in [0.2, 0.25) is 0 Å². The van der Waals surface area contributed by atoms with Crippen LogP contribution in [0.1, 0.15) is 16.1 Å². The number of rotatable bonds is 5. The summed E-state index contributed by atoms with van der Waals surface area (Å²) in [5, 5.41) is 0. The second kappa shape index (κ2) is 7.07. The number of hydrogen-bond acceptors (Lipinski definition) is 4. The van der Waals surface area contributed by atoms with Crippen molar-refractivity contribution in [2.75, 3.05) is 0 Å². The molecule has 0 saturated heterocycles. The number of aromatic amines is 1. The Hall–Kier alpha value is -3.81. The number of aromatic nitrogens is 4.